The highest BCUT2D eigenvalue weighted by molar-refractivity contribution is 5.87. The van der Waals surface area contributed by atoms with Gasteiger partial charge in [-0.15, -0.1) is 0 Å². The van der Waals surface area contributed by atoms with Crippen molar-refractivity contribution in [1.82, 2.24) is 9.55 Å². The van der Waals surface area contributed by atoms with Gasteiger partial charge in [-0.1, -0.05) is 0 Å². The number of aryl methyl sites for hydroxylation is 2. The number of hydrogen-bond acceptors (Lipinski definition) is 3. The highest BCUT2D eigenvalue weighted by atomic mass is 16.5. The Morgan fingerprint density at radius 2 is 2.13 bits per heavy atom. The first-order valence-electron chi connectivity index (χ1n) is 7.16. The highest BCUT2D eigenvalue weighted by Crippen LogP contribution is 2.24. The van der Waals surface area contributed by atoms with Gasteiger partial charge in [0.25, 0.3) is 5.56 Å². The molecule has 0 radical (unpaired) electrons. The van der Waals surface area contributed by atoms with Crippen LogP contribution in [0.4, 0.5) is 0 Å². The van der Waals surface area contributed by atoms with Crippen LogP contribution in [-0.4, -0.2) is 27.7 Å². The smallest absolute Gasteiger partial charge is 0.337 e. The molecule has 0 saturated heterocycles. The molecular formula is C17H16N2O4. The fourth-order valence-electron chi connectivity index (χ4n) is 2.56. The maximum Gasteiger partial charge on any atom is 0.337 e. The van der Waals surface area contributed by atoms with Crippen LogP contribution in [0.2, 0.25) is 0 Å². The molecule has 2 heterocycles. The Morgan fingerprint density at radius 1 is 1.30 bits per heavy atom. The first-order valence-corrected chi connectivity index (χ1v) is 7.16. The molecule has 0 saturated carbocycles. The molecule has 3 aromatic rings. The van der Waals surface area contributed by atoms with Gasteiger partial charge in [0, 0.05) is 35.9 Å². The van der Waals surface area contributed by atoms with E-state index in [0.717, 1.165) is 22.2 Å². The lowest BCUT2D eigenvalue weighted by Crippen LogP contribution is -2.21. The predicted molar refractivity (Wildman–Crippen MR) is 86.2 cm³/mol. The van der Waals surface area contributed by atoms with Gasteiger partial charge in [-0.2, -0.15) is 0 Å². The van der Waals surface area contributed by atoms with Crippen molar-refractivity contribution in [3.8, 4) is 5.75 Å². The van der Waals surface area contributed by atoms with Crippen LogP contribution in [0, 0.1) is 0 Å². The van der Waals surface area contributed by atoms with Crippen LogP contribution in [0.25, 0.3) is 10.9 Å². The molecule has 0 atom stereocenters. The van der Waals surface area contributed by atoms with Gasteiger partial charge in [-0.25, -0.2) is 4.79 Å². The van der Waals surface area contributed by atoms with Crippen molar-refractivity contribution in [2.45, 2.75) is 13.0 Å². The average molecular weight is 312 g/mol. The summed E-state index contributed by atoms with van der Waals surface area (Å²) in [5.41, 5.74) is 1.93. The van der Waals surface area contributed by atoms with Crippen LogP contribution in [0.5, 0.6) is 5.75 Å². The first kappa shape index (κ1) is 14.9. The number of rotatable bonds is 5. The summed E-state index contributed by atoms with van der Waals surface area (Å²) in [6.45, 7) is 0.407. The normalized spacial score (nSPS) is 10.8. The third-order valence-corrected chi connectivity index (χ3v) is 3.83. The summed E-state index contributed by atoms with van der Waals surface area (Å²) in [4.78, 5) is 26.1. The van der Waals surface area contributed by atoms with Crippen molar-refractivity contribution in [3.63, 3.8) is 0 Å². The standard InChI is InChI=1S/C17H16N2O4/c1-23-13-3-4-15-14(8-13)11(9-18-15)6-7-19-10-12(17(21)22)2-5-16(19)20/h2-5,8-10,18H,6-7H2,1H3,(H,21,22). The summed E-state index contributed by atoms with van der Waals surface area (Å²) in [6.07, 6.45) is 3.88. The van der Waals surface area contributed by atoms with E-state index in [4.69, 9.17) is 9.84 Å². The molecule has 2 N–H and O–H groups in total. The van der Waals surface area contributed by atoms with E-state index < -0.39 is 5.97 Å². The van der Waals surface area contributed by atoms with Gasteiger partial charge in [0.1, 0.15) is 5.75 Å². The summed E-state index contributed by atoms with van der Waals surface area (Å²) in [5.74, 6) is -0.279. The zero-order valence-corrected chi connectivity index (χ0v) is 12.6. The van der Waals surface area contributed by atoms with E-state index in [1.807, 2.05) is 24.4 Å². The molecule has 0 spiro atoms. The van der Waals surface area contributed by atoms with Crippen LogP contribution in [0.15, 0.2) is 47.5 Å². The van der Waals surface area contributed by atoms with E-state index in [1.165, 1.54) is 22.9 Å². The van der Waals surface area contributed by atoms with Crippen LogP contribution < -0.4 is 10.3 Å². The maximum absolute atomic E-state index is 11.9. The number of carbonyl (C=O) groups is 1. The quantitative estimate of drug-likeness (QED) is 0.757. The van der Waals surface area contributed by atoms with E-state index in [-0.39, 0.29) is 11.1 Å². The van der Waals surface area contributed by atoms with Gasteiger partial charge >= 0.3 is 5.97 Å². The van der Waals surface area contributed by atoms with E-state index in [2.05, 4.69) is 4.98 Å². The number of ether oxygens (including phenoxy) is 1. The fourth-order valence-corrected chi connectivity index (χ4v) is 2.56. The number of aromatic amines is 1. The number of fused-ring (bicyclic) bond motifs is 1. The highest BCUT2D eigenvalue weighted by Gasteiger charge is 2.08. The second-order valence-electron chi connectivity index (χ2n) is 5.23. The van der Waals surface area contributed by atoms with Gasteiger partial charge < -0.3 is 19.4 Å². The molecule has 6 nitrogen and oxygen atoms in total. The Labute approximate surface area is 131 Å². The number of nitrogens with zero attached hydrogens (tertiary/aromatic N) is 1. The molecule has 1 aromatic carbocycles. The summed E-state index contributed by atoms with van der Waals surface area (Å²) in [5, 5.41) is 10.1. The topological polar surface area (TPSA) is 84.3 Å². The van der Waals surface area contributed by atoms with Gasteiger partial charge in [0.15, 0.2) is 0 Å². The Hall–Kier alpha value is -3.02. The van der Waals surface area contributed by atoms with Crippen LogP contribution in [-0.2, 0) is 13.0 Å². The third-order valence-electron chi connectivity index (χ3n) is 3.83. The SMILES string of the molecule is COc1ccc2[nH]cc(CCn3cc(C(=O)O)ccc3=O)c2c1. The van der Waals surface area contributed by atoms with Gasteiger partial charge in [-0.3, -0.25) is 4.79 Å². The van der Waals surface area contributed by atoms with E-state index in [9.17, 15) is 9.59 Å². The van der Waals surface area contributed by atoms with Gasteiger partial charge in [-0.05, 0) is 36.2 Å². The lowest BCUT2D eigenvalue weighted by atomic mass is 10.1. The summed E-state index contributed by atoms with van der Waals surface area (Å²) in [6, 6.07) is 8.36. The Kier molecular flexibility index (Phi) is 3.89. The van der Waals surface area contributed by atoms with E-state index in [0.29, 0.717) is 13.0 Å². The van der Waals surface area contributed by atoms with Crippen LogP contribution in [0.3, 0.4) is 0 Å². The molecule has 0 aliphatic rings. The number of benzene rings is 1. The minimum Gasteiger partial charge on any atom is -0.497 e. The third kappa shape index (κ3) is 2.96. The predicted octanol–water partition coefficient (Wildman–Crippen LogP) is 2.28. The Balaban J connectivity index is 1.87. The molecule has 0 aliphatic carbocycles. The number of methoxy groups -OCH3 is 1. The number of H-pyrrole nitrogens is 1. The van der Waals surface area contributed by atoms with Crippen molar-refractivity contribution >= 4 is 16.9 Å². The number of aromatic nitrogens is 2. The monoisotopic (exact) mass is 312 g/mol. The molecule has 0 bridgehead atoms. The summed E-state index contributed by atoms with van der Waals surface area (Å²) < 4.78 is 6.66. The van der Waals surface area contributed by atoms with Crippen LogP contribution >= 0.6 is 0 Å². The average Bonchev–Trinajstić information content (AvgIpc) is 2.96. The number of nitrogens with one attached hydrogen (secondary N) is 1. The van der Waals surface area contributed by atoms with E-state index >= 15 is 0 Å². The number of carboxylic acid groups (broad SMARTS) is 1. The van der Waals surface area contributed by atoms with Crippen molar-refractivity contribution in [1.29, 1.82) is 0 Å². The second kappa shape index (κ2) is 6.00. The van der Waals surface area contributed by atoms with Crippen molar-refractivity contribution in [2.24, 2.45) is 0 Å². The molecule has 23 heavy (non-hydrogen) atoms. The lowest BCUT2D eigenvalue weighted by Gasteiger charge is -2.06. The summed E-state index contributed by atoms with van der Waals surface area (Å²) >= 11 is 0. The van der Waals surface area contributed by atoms with Crippen molar-refractivity contribution in [3.05, 3.63) is 64.2 Å². The molecule has 6 heteroatoms. The number of carboxylic acids is 1. The van der Waals surface area contributed by atoms with Gasteiger partial charge in [0.05, 0.1) is 12.7 Å². The number of aromatic carboxylic acids is 1. The zero-order valence-electron chi connectivity index (χ0n) is 12.6. The number of hydrogen-bond donors (Lipinski definition) is 2. The summed E-state index contributed by atoms with van der Waals surface area (Å²) in [7, 11) is 1.62. The fraction of sp³-hybridized carbons (Fsp3) is 0.176. The number of pyridine rings is 1. The molecule has 0 unspecified atom stereocenters. The Morgan fingerprint density at radius 3 is 2.87 bits per heavy atom. The minimum absolute atomic E-state index is 0.102. The molecule has 118 valence electrons. The van der Waals surface area contributed by atoms with Crippen LogP contribution in [0.1, 0.15) is 15.9 Å². The van der Waals surface area contributed by atoms with Gasteiger partial charge in [0.2, 0.25) is 0 Å². The first-order chi connectivity index (χ1) is 11.1. The van der Waals surface area contributed by atoms with Crippen molar-refractivity contribution in [2.75, 3.05) is 7.11 Å². The maximum atomic E-state index is 11.9. The largest absolute Gasteiger partial charge is 0.497 e. The van der Waals surface area contributed by atoms with Crippen molar-refractivity contribution < 1.29 is 14.6 Å². The molecule has 0 fully saturated rings. The molecule has 3 rings (SSSR count). The molecular weight excluding hydrogens is 296 g/mol. The Bertz CT molecular complexity index is 924. The molecule has 0 aliphatic heterocycles. The van der Waals surface area contributed by atoms with E-state index in [1.54, 1.807) is 7.11 Å². The molecule has 0 amide bonds. The zero-order chi connectivity index (χ0) is 16.4. The second-order valence-corrected chi connectivity index (χ2v) is 5.23. The minimum atomic E-state index is -1.05. The molecule has 2 aromatic heterocycles. The lowest BCUT2D eigenvalue weighted by molar-refractivity contribution is 0.0696.